The zero-order valence-electron chi connectivity index (χ0n) is 10.7. The molecule has 0 aliphatic carbocycles. The van der Waals surface area contributed by atoms with Gasteiger partial charge in [0.1, 0.15) is 0 Å². The normalized spacial score (nSPS) is 21.6. The summed E-state index contributed by atoms with van der Waals surface area (Å²) >= 11 is 0. The van der Waals surface area contributed by atoms with E-state index < -0.39 is 0 Å². The summed E-state index contributed by atoms with van der Waals surface area (Å²) in [6.07, 6.45) is 9.11. The Hall–Kier alpha value is -0.930. The molecule has 17 heavy (non-hydrogen) atoms. The molecule has 0 spiro atoms. The molecule has 1 unspecified atom stereocenters. The van der Waals surface area contributed by atoms with Crippen LogP contribution in [0, 0.1) is 0 Å². The lowest BCUT2D eigenvalue weighted by molar-refractivity contribution is 0.175. The van der Waals surface area contributed by atoms with Crippen molar-refractivity contribution in [1.29, 1.82) is 0 Å². The third-order valence-electron chi connectivity index (χ3n) is 3.65. The van der Waals surface area contributed by atoms with Crippen molar-refractivity contribution >= 4 is 0 Å². The van der Waals surface area contributed by atoms with Gasteiger partial charge in [-0.25, -0.2) is 0 Å². The highest BCUT2D eigenvalue weighted by Crippen LogP contribution is 2.17. The van der Waals surface area contributed by atoms with E-state index in [9.17, 15) is 0 Å². The van der Waals surface area contributed by atoms with E-state index in [1.807, 2.05) is 12.4 Å². The first-order valence-corrected chi connectivity index (χ1v) is 6.66. The molecular weight excluding hydrogens is 210 g/mol. The van der Waals surface area contributed by atoms with Crippen molar-refractivity contribution < 1.29 is 0 Å². The van der Waals surface area contributed by atoms with Crippen LogP contribution in [-0.2, 0) is 6.54 Å². The van der Waals surface area contributed by atoms with Crippen LogP contribution in [0.5, 0.6) is 0 Å². The van der Waals surface area contributed by atoms with E-state index in [1.54, 1.807) is 0 Å². The Morgan fingerprint density at radius 1 is 1.35 bits per heavy atom. The molecule has 2 heterocycles. The van der Waals surface area contributed by atoms with E-state index in [0.29, 0.717) is 0 Å². The van der Waals surface area contributed by atoms with E-state index in [4.69, 9.17) is 0 Å². The maximum absolute atomic E-state index is 4.02. The SMILES string of the molecule is CN1CCCCC1CCNCc1ccncc1. The van der Waals surface area contributed by atoms with Crippen LogP contribution in [0.15, 0.2) is 24.5 Å². The van der Waals surface area contributed by atoms with Gasteiger partial charge in [0.2, 0.25) is 0 Å². The van der Waals surface area contributed by atoms with E-state index >= 15 is 0 Å². The van der Waals surface area contributed by atoms with Crippen LogP contribution in [0.4, 0.5) is 0 Å². The van der Waals surface area contributed by atoms with Crippen LogP contribution in [0.3, 0.4) is 0 Å². The van der Waals surface area contributed by atoms with Crippen molar-refractivity contribution in [3.05, 3.63) is 30.1 Å². The molecule has 2 rings (SSSR count). The van der Waals surface area contributed by atoms with E-state index in [2.05, 4.69) is 34.4 Å². The molecule has 0 amide bonds. The minimum absolute atomic E-state index is 0.786. The lowest BCUT2D eigenvalue weighted by Gasteiger charge is -2.32. The molecule has 1 atom stereocenters. The number of nitrogens with zero attached hydrogens (tertiary/aromatic N) is 2. The molecular formula is C14H23N3. The summed E-state index contributed by atoms with van der Waals surface area (Å²) in [5, 5.41) is 3.52. The van der Waals surface area contributed by atoms with E-state index in [1.165, 1.54) is 37.8 Å². The van der Waals surface area contributed by atoms with E-state index in [0.717, 1.165) is 19.1 Å². The summed E-state index contributed by atoms with van der Waals surface area (Å²) in [7, 11) is 2.26. The number of likely N-dealkylation sites (tertiary alicyclic amines) is 1. The van der Waals surface area contributed by atoms with Gasteiger partial charge in [0.25, 0.3) is 0 Å². The molecule has 1 aromatic rings. The van der Waals surface area contributed by atoms with Crippen LogP contribution < -0.4 is 5.32 Å². The van der Waals surface area contributed by atoms with Crippen LogP contribution in [-0.4, -0.2) is 36.1 Å². The summed E-state index contributed by atoms with van der Waals surface area (Å²) in [5.74, 6) is 0. The summed E-state index contributed by atoms with van der Waals surface area (Å²) in [5.41, 5.74) is 1.32. The van der Waals surface area contributed by atoms with Gasteiger partial charge >= 0.3 is 0 Å². The van der Waals surface area contributed by atoms with Gasteiger partial charge in [0.15, 0.2) is 0 Å². The largest absolute Gasteiger partial charge is 0.313 e. The standard InChI is InChI=1S/C14H23N3/c1-17-11-3-2-4-14(17)7-10-16-12-13-5-8-15-9-6-13/h5-6,8-9,14,16H,2-4,7,10-12H2,1H3. The second-order valence-electron chi connectivity index (χ2n) is 4.95. The van der Waals surface area contributed by atoms with Gasteiger partial charge < -0.3 is 10.2 Å². The topological polar surface area (TPSA) is 28.2 Å². The number of nitrogens with one attached hydrogen (secondary N) is 1. The fraction of sp³-hybridized carbons (Fsp3) is 0.643. The molecule has 3 heteroatoms. The number of hydrogen-bond acceptors (Lipinski definition) is 3. The first-order valence-electron chi connectivity index (χ1n) is 6.66. The van der Waals surface area contributed by atoms with Crippen molar-refractivity contribution in [1.82, 2.24) is 15.2 Å². The minimum atomic E-state index is 0.786. The molecule has 3 nitrogen and oxygen atoms in total. The molecule has 0 saturated carbocycles. The molecule has 1 aromatic heterocycles. The lowest BCUT2D eigenvalue weighted by Crippen LogP contribution is -2.38. The average Bonchev–Trinajstić information content (AvgIpc) is 2.38. The minimum Gasteiger partial charge on any atom is -0.313 e. The summed E-state index contributed by atoms with van der Waals surface area (Å²) < 4.78 is 0. The van der Waals surface area contributed by atoms with Crippen molar-refractivity contribution in [3.63, 3.8) is 0 Å². The summed E-state index contributed by atoms with van der Waals surface area (Å²) in [6, 6.07) is 4.92. The Kier molecular flexibility index (Phi) is 4.95. The van der Waals surface area contributed by atoms with Crippen LogP contribution in [0.1, 0.15) is 31.2 Å². The molecule has 1 fully saturated rings. The molecule has 1 N–H and O–H groups in total. The van der Waals surface area contributed by atoms with E-state index in [-0.39, 0.29) is 0 Å². The van der Waals surface area contributed by atoms with Gasteiger partial charge in [-0.05, 0) is 57.1 Å². The molecule has 0 bridgehead atoms. The maximum Gasteiger partial charge on any atom is 0.0271 e. The second kappa shape index (κ2) is 6.72. The molecule has 1 saturated heterocycles. The zero-order valence-corrected chi connectivity index (χ0v) is 10.7. The highest BCUT2D eigenvalue weighted by Gasteiger charge is 2.17. The fourth-order valence-electron chi connectivity index (χ4n) is 2.51. The summed E-state index contributed by atoms with van der Waals surface area (Å²) in [4.78, 5) is 6.53. The van der Waals surface area contributed by atoms with Crippen LogP contribution in [0.2, 0.25) is 0 Å². The quantitative estimate of drug-likeness (QED) is 0.789. The predicted molar refractivity (Wildman–Crippen MR) is 70.8 cm³/mol. The first-order chi connectivity index (χ1) is 8.36. The highest BCUT2D eigenvalue weighted by atomic mass is 15.1. The maximum atomic E-state index is 4.02. The number of hydrogen-bond donors (Lipinski definition) is 1. The molecule has 94 valence electrons. The van der Waals surface area contributed by atoms with Crippen molar-refractivity contribution in [2.75, 3.05) is 20.1 Å². The van der Waals surface area contributed by atoms with Gasteiger partial charge in [-0.3, -0.25) is 4.98 Å². The smallest absolute Gasteiger partial charge is 0.0271 e. The van der Waals surface area contributed by atoms with Crippen LogP contribution >= 0.6 is 0 Å². The number of rotatable bonds is 5. The van der Waals surface area contributed by atoms with Gasteiger partial charge in [-0.15, -0.1) is 0 Å². The lowest BCUT2D eigenvalue weighted by atomic mass is 10.0. The zero-order chi connectivity index (χ0) is 11.9. The molecule has 1 aliphatic heterocycles. The molecule has 1 aliphatic rings. The van der Waals surface area contributed by atoms with Crippen molar-refractivity contribution in [2.24, 2.45) is 0 Å². The van der Waals surface area contributed by atoms with Gasteiger partial charge in [0, 0.05) is 25.0 Å². The Labute approximate surface area is 104 Å². The van der Waals surface area contributed by atoms with Gasteiger partial charge in [-0.1, -0.05) is 6.42 Å². The Morgan fingerprint density at radius 2 is 2.18 bits per heavy atom. The number of pyridine rings is 1. The number of aromatic nitrogens is 1. The Bertz CT molecular complexity index is 313. The second-order valence-corrected chi connectivity index (χ2v) is 4.95. The third-order valence-corrected chi connectivity index (χ3v) is 3.65. The van der Waals surface area contributed by atoms with Crippen molar-refractivity contribution in [3.8, 4) is 0 Å². The molecule has 0 radical (unpaired) electrons. The Balaban J connectivity index is 1.63. The Morgan fingerprint density at radius 3 is 2.94 bits per heavy atom. The monoisotopic (exact) mass is 233 g/mol. The van der Waals surface area contributed by atoms with Gasteiger partial charge in [0.05, 0.1) is 0 Å². The number of piperidine rings is 1. The first kappa shape index (κ1) is 12.5. The van der Waals surface area contributed by atoms with Crippen LogP contribution in [0.25, 0.3) is 0 Å². The highest BCUT2D eigenvalue weighted by molar-refractivity contribution is 5.08. The average molecular weight is 233 g/mol. The summed E-state index contributed by atoms with van der Waals surface area (Å²) in [6.45, 7) is 3.34. The fourth-order valence-corrected chi connectivity index (χ4v) is 2.51. The van der Waals surface area contributed by atoms with Gasteiger partial charge in [-0.2, -0.15) is 0 Å². The third kappa shape index (κ3) is 4.10. The molecule has 0 aromatic carbocycles. The van der Waals surface area contributed by atoms with Crippen molar-refractivity contribution in [2.45, 2.75) is 38.3 Å². The predicted octanol–water partition coefficient (Wildman–Crippen LogP) is 2.05.